The molecule has 0 bridgehead atoms. The molecule has 2 nitrogen and oxygen atoms in total. The molecule has 0 N–H and O–H groups in total. The van der Waals surface area contributed by atoms with E-state index in [9.17, 15) is 0 Å². The van der Waals surface area contributed by atoms with Gasteiger partial charge in [0.05, 0.1) is 0 Å². The smallest absolute Gasteiger partial charge is 0.0491 e. The van der Waals surface area contributed by atoms with Crippen molar-refractivity contribution in [3.63, 3.8) is 0 Å². The Morgan fingerprint density at radius 3 is 1.31 bits per heavy atom. The second kappa shape index (κ2) is 15.5. The van der Waals surface area contributed by atoms with Crippen LogP contribution in [-0.4, -0.2) is 29.6 Å². The van der Waals surface area contributed by atoms with Gasteiger partial charge in [0.25, 0.3) is 0 Å². The molecule has 0 amide bonds. The van der Waals surface area contributed by atoms with E-state index in [-0.39, 0.29) is 7.43 Å². The van der Waals surface area contributed by atoms with Crippen LogP contribution < -0.4 is 0 Å². The van der Waals surface area contributed by atoms with Crippen LogP contribution in [0.25, 0.3) is 21.8 Å². The Labute approximate surface area is 162 Å². The molecule has 2 heteroatoms. The van der Waals surface area contributed by atoms with E-state index in [1.165, 1.54) is 21.8 Å². The molecule has 3 aromatic rings. The van der Waals surface area contributed by atoms with Crippen molar-refractivity contribution in [2.24, 2.45) is 0 Å². The first-order chi connectivity index (χ1) is 12.2. The number of fused-ring (bicyclic) bond motifs is 3. The minimum absolute atomic E-state index is 0. The molecule has 1 heterocycles. The van der Waals surface area contributed by atoms with Gasteiger partial charge in [-0.15, -0.1) is 0 Å². The molecule has 0 aliphatic rings. The topological polar surface area (TPSA) is 8.17 Å². The van der Waals surface area contributed by atoms with Gasteiger partial charge in [-0.1, -0.05) is 85.4 Å². The van der Waals surface area contributed by atoms with Crippen LogP contribution in [0.3, 0.4) is 0 Å². The maximum absolute atomic E-state index is 2.37. The van der Waals surface area contributed by atoms with Crippen LogP contribution in [0.15, 0.2) is 48.5 Å². The Kier molecular flexibility index (Phi) is 15.7. The number of aromatic nitrogens is 1. The minimum Gasteiger partial charge on any atom is -0.341 e. The number of aryl methyl sites for hydroxylation is 1. The summed E-state index contributed by atoms with van der Waals surface area (Å²) in [5.41, 5.74) is 2.67. The average Bonchev–Trinajstić information content (AvgIpc) is 3.04. The lowest BCUT2D eigenvalue weighted by Gasteiger charge is -2.07. The zero-order valence-corrected chi connectivity index (χ0v) is 17.6. The molecule has 0 atom stereocenters. The van der Waals surface area contributed by atoms with Crippen molar-refractivity contribution in [2.45, 2.75) is 62.4 Å². The third kappa shape index (κ3) is 6.84. The predicted octanol–water partition coefficient (Wildman–Crippen LogP) is 7.46. The first kappa shape index (κ1) is 26.4. The van der Waals surface area contributed by atoms with E-state index >= 15 is 0 Å². The van der Waals surface area contributed by atoms with Crippen molar-refractivity contribution in [1.82, 2.24) is 9.47 Å². The quantitative estimate of drug-likeness (QED) is 0.471. The molecule has 0 aliphatic heterocycles. The fourth-order valence-corrected chi connectivity index (χ4v) is 2.57. The summed E-state index contributed by atoms with van der Waals surface area (Å²) in [6.45, 7) is 17.9. The molecule has 1 aromatic heterocycles. The molecular formula is C24H42N2. The van der Waals surface area contributed by atoms with E-state index in [0.717, 1.165) is 19.6 Å². The Morgan fingerprint density at radius 2 is 1.04 bits per heavy atom. The molecule has 26 heavy (non-hydrogen) atoms. The van der Waals surface area contributed by atoms with Gasteiger partial charge >= 0.3 is 0 Å². The van der Waals surface area contributed by atoms with Crippen molar-refractivity contribution < 1.29 is 0 Å². The monoisotopic (exact) mass is 358 g/mol. The fourth-order valence-electron chi connectivity index (χ4n) is 2.57. The van der Waals surface area contributed by atoms with E-state index in [1.807, 2.05) is 27.7 Å². The fraction of sp³-hybridized carbons (Fsp3) is 0.500. The van der Waals surface area contributed by atoms with Crippen molar-refractivity contribution in [2.75, 3.05) is 20.1 Å². The Morgan fingerprint density at radius 1 is 0.692 bits per heavy atom. The molecule has 0 radical (unpaired) electrons. The van der Waals surface area contributed by atoms with Crippen molar-refractivity contribution in [3.05, 3.63) is 48.5 Å². The molecule has 0 fully saturated rings. The zero-order chi connectivity index (χ0) is 19.2. The maximum Gasteiger partial charge on any atom is 0.0491 e. The molecule has 0 saturated heterocycles. The second-order valence-electron chi connectivity index (χ2n) is 5.27. The molecule has 0 saturated carbocycles. The van der Waals surface area contributed by atoms with Gasteiger partial charge in [0.15, 0.2) is 0 Å². The number of benzene rings is 2. The highest BCUT2D eigenvalue weighted by Gasteiger charge is 2.06. The van der Waals surface area contributed by atoms with Gasteiger partial charge < -0.3 is 9.47 Å². The van der Waals surface area contributed by atoms with E-state index in [2.05, 4.69) is 85.8 Å². The molecule has 148 valence electrons. The van der Waals surface area contributed by atoms with Crippen LogP contribution in [-0.2, 0) is 6.54 Å². The Balaban J connectivity index is 0. The van der Waals surface area contributed by atoms with Crippen LogP contribution in [0.1, 0.15) is 55.9 Å². The van der Waals surface area contributed by atoms with Crippen molar-refractivity contribution in [1.29, 1.82) is 0 Å². The number of para-hydroxylation sites is 2. The van der Waals surface area contributed by atoms with E-state index in [4.69, 9.17) is 0 Å². The summed E-state index contributed by atoms with van der Waals surface area (Å²) in [4.78, 5) is 2.25. The predicted molar refractivity (Wildman–Crippen MR) is 123 cm³/mol. The van der Waals surface area contributed by atoms with Gasteiger partial charge in [0.1, 0.15) is 0 Å². The van der Waals surface area contributed by atoms with Gasteiger partial charge in [-0.25, -0.2) is 0 Å². The summed E-state index contributed by atoms with van der Waals surface area (Å²) in [6, 6.07) is 17.2. The highest BCUT2D eigenvalue weighted by atomic mass is 15.1. The molecule has 3 rings (SSSR count). The molecular weight excluding hydrogens is 316 g/mol. The van der Waals surface area contributed by atoms with Gasteiger partial charge in [-0.3, -0.25) is 0 Å². The lowest BCUT2D eigenvalue weighted by Crippen LogP contribution is -2.15. The largest absolute Gasteiger partial charge is 0.341 e. The van der Waals surface area contributed by atoms with Gasteiger partial charge in [-0.2, -0.15) is 0 Å². The summed E-state index contributed by atoms with van der Waals surface area (Å²) >= 11 is 0. The highest BCUT2D eigenvalue weighted by Crippen LogP contribution is 2.28. The molecule has 0 unspecified atom stereocenters. The molecule has 0 spiro atoms. The normalized spacial score (nSPS) is 9.27. The maximum atomic E-state index is 2.37. The van der Waals surface area contributed by atoms with E-state index in [1.54, 1.807) is 0 Å². The van der Waals surface area contributed by atoms with Gasteiger partial charge in [0, 0.05) is 28.4 Å². The van der Waals surface area contributed by atoms with Crippen LogP contribution in [0.2, 0.25) is 0 Å². The SMILES string of the molecule is C.CC.CC.CCN(C)CC.CCn1c2ccccc2c2ccccc21. The average molecular weight is 359 g/mol. The summed E-state index contributed by atoms with van der Waals surface area (Å²) in [5, 5.41) is 2.71. The highest BCUT2D eigenvalue weighted by molar-refractivity contribution is 6.07. The molecule has 0 aliphatic carbocycles. The summed E-state index contributed by atoms with van der Waals surface area (Å²) in [5.74, 6) is 0. The zero-order valence-electron chi connectivity index (χ0n) is 17.6. The first-order valence-electron chi connectivity index (χ1n) is 9.87. The van der Waals surface area contributed by atoms with Crippen molar-refractivity contribution in [3.8, 4) is 0 Å². The minimum atomic E-state index is 0. The summed E-state index contributed by atoms with van der Waals surface area (Å²) in [6.07, 6.45) is 0. The molecule has 2 aromatic carbocycles. The van der Waals surface area contributed by atoms with E-state index < -0.39 is 0 Å². The lowest BCUT2D eigenvalue weighted by molar-refractivity contribution is 0.373. The summed E-state index contributed by atoms with van der Waals surface area (Å²) in [7, 11) is 2.11. The summed E-state index contributed by atoms with van der Waals surface area (Å²) < 4.78 is 2.37. The van der Waals surface area contributed by atoms with Crippen LogP contribution in [0, 0.1) is 0 Å². The Bertz CT molecular complexity index is 640. The second-order valence-corrected chi connectivity index (χ2v) is 5.27. The van der Waals surface area contributed by atoms with Crippen LogP contribution >= 0.6 is 0 Å². The third-order valence-corrected chi connectivity index (χ3v) is 4.08. The number of hydrogen-bond acceptors (Lipinski definition) is 1. The van der Waals surface area contributed by atoms with Gasteiger partial charge in [0.2, 0.25) is 0 Å². The van der Waals surface area contributed by atoms with Crippen molar-refractivity contribution >= 4 is 21.8 Å². The van der Waals surface area contributed by atoms with Crippen LogP contribution in [0.4, 0.5) is 0 Å². The number of hydrogen-bond donors (Lipinski definition) is 0. The lowest BCUT2D eigenvalue weighted by atomic mass is 10.2. The number of rotatable bonds is 3. The van der Waals surface area contributed by atoms with Gasteiger partial charge in [-0.05, 0) is 39.2 Å². The van der Waals surface area contributed by atoms with E-state index in [0.29, 0.717) is 0 Å². The first-order valence-corrected chi connectivity index (χ1v) is 9.87. The number of nitrogens with zero attached hydrogens (tertiary/aromatic N) is 2. The van der Waals surface area contributed by atoms with Crippen LogP contribution in [0.5, 0.6) is 0 Å². The Hall–Kier alpha value is -1.80. The third-order valence-electron chi connectivity index (χ3n) is 4.08. The standard InChI is InChI=1S/C14H13N.C5H13N.2C2H6.CH4/c1-2-15-13-9-5-3-7-11(13)12-8-4-6-10-14(12)15;1-4-6(3)5-2;2*1-2;/h3-10H,2H2,1H3;4-5H2,1-3H3;2*1-2H3;1H4.